The highest BCUT2D eigenvalue weighted by atomic mass is 35.5. The zero-order valence-corrected chi connectivity index (χ0v) is 17.6. The molecule has 0 bridgehead atoms. The Balaban J connectivity index is 1.52. The van der Waals surface area contributed by atoms with Crippen molar-refractivity contribution >= 4 is 45.5 Å². The molecule has 2 heterocycles. The maximum atomic E-state index is 12.7. The molecule has 31 heavy (non-hydrogen) atoms. The van der Waals surface area contributed by atoms with Crippen LogP contribution in [0.3, 0.4) is 0 Å². The van der Waals surface area contributed by atoms with Crippen LogP contribution in [0, 0.1) is 23.0 Å². The first-order valence-corrected chi connectivity index (χ1v) is 10.3. The van der Waals surface area contributed by atoms with Crippen molar-refractivity contribution < 1.29 is 14.8 Å². The fraction of sp³-hybridized carbons (Fsp3) is 0.273. The first kappa shape index (κ1) is 20.9. The summed E-state index contributed by atoms with van der Waals surface area (Å²) in [6, 6.07) is 11.4. The Morgan fingerprint density at radius 2 is 2.00 bits per heavy atom. The second-order valence-electron chi connectivity index (χ2n) is 7.63. The number of rotatable bonds is 4. The number of aryl methyl sites for hydroxylation is 1. The number of phenolic OH excluding ortho intramolecular Hbond substituents is 1. The van der Waals surface area contributed by atoms with Gasteiger partial charge in [-0.15, -0.1) is 0 Å². The number of nitro groups is 1. The number of anilines is 2. The highest BCUT2D eigenvalue weighted by Gasteiger charge is 2.27. The number of fused-ring (bicyclic) bond motifs is 1. The number of hydrogen-bond donors (Lipinski definition) is 2. The summed E-state index contributed by atoms with van der Waals surface area (Å²) < 4.78 is 0. The molecule has 1 aromatic heterocycles. The van der Waals surface area contributed by atoms with Crippen LogP contribution in [0.15, 0.2) is 42.5 Å². The van der Waals surface area contributed by atoms with E-state index in [-0.39, 0.29) is 23.3 Å². The first-order chi connectivity index (χ1) is 14.8. The van der Waals surface area contributed by atoms with Gasteiger partial charge < -0.3 is 15.3 Å². The largest absolute Gasteiger partial charge is 0.506 e. The van der Waals surface area contributed by atoms with Gasteiger partial charge in [0.2, 0.25) is 5.91 Å². The number of phenols is 1. The maximum absolute atomic E-state index is 12.7. The van der Waals surface area contributed by atoms with Gasteiger partial charge in [-0.1, -0.05) is 23.7 Å². The van der Waals surface area contributed by atoms with Crippen LogP contribution in [-0.2, 0) is 4.79 Å². The molecule has 0 spiro atoms. The van der Waals surface area contributed by atoms with Crippen molar-refractivity contribution in [3.8, 4) is 5.75 Å². The molecule has 0 atom stereocenters. The van der Waals surface area contributed by atoms with Gasteiger partial charge in [0.25, 0.3) is 5.69 Å². The zero-order chi connectivity index (χ0) is 22.1. The third-order valence-corrected chi connectivity index (χ3v) is 5.78. The van der Waals surface area contributed by atoms with Crippen molar-refractivity contribution in [1.82, 2.24) is 4.98 Å². The minimum absolute atomic E-state index is 0.0157. The molecule has 2 aromatic carbocycles. The first-order valence-electron chi connectivity index (χ1n) is 9.92. The number of pyridine rings is 1. The molecule has 1 saturated heterocycles. The predicted octanol–water partition coefficient (Wildman–Crippen LogP) is 4.67. The van der Waals surface area contributed by atoms with Gasteiger partial charge in [0.1, 0.15) is 5.75 Å². The predicted molar refractivity (Wildman–Crippen MR) is 120 cm³/mol. The number of hydrogen-bond acceptors (Lipinski definition) is 6. The van der Waals surface area contributed by atoms with Crippen LogP contribution in [-0.4, -0.2) is 34.0 Å². The van der Waals surface area contributed by atoms with Crippen molar-refractivity contribution in [2.45, 2.75) is 19.8 Å². The molecule has 1 aliphatic heterocycles. The van der Waals surface area contributed by atoms with E-state index in [4.69, 9.17) is 11.6 Å². The number of nitrogens with zero attached hydrogens (tertiary/aromatic N) is 3. The monoisotopic (exact) mass is 440 g/mol. The number of amides is 1. The summed E-state index contributed by atoms with van der Waals surface area (Å²) in [5.41, 5.74) is 2.24. The summed E-state index contributed by atoms with van der Waals surface area (Å²) in [5, 5.41) is 25.2. The van der Waals surface area contributed by atoms with Gasteiger partial charge >= 0.3 is 0 Å². The van der Waals surface area contributed by atoms with Crippen LogP contribution in [0.5, 0.6) is 5.75 Å². The summed E-state index contributed by atoms with van der Waals surface area (Å²) in [6.07, 6.45) is 1.23. The minimum atomic E-state index is -0.416. The van der Waals surface area contributed by atoms with Gasteiger partial charge in [0, 0.05) is 46.9 Å². The maximum Gasteiger partial charge on any atom is 0.295 e. The molecule has 160 valence electrons. The van der Waals surface area contributed by atoms with Crippen molar-refractivity contribution in [1.29, 1.82) is 0 Å². The Morgan fingerprint density at radius 3 is 2.71 bits per heavy atom. The second kappa shape index (κ2) is 8.39. The molecule has 0 saturated carbocycles. The van der Waals surface area contributed by atoms with E-state index in [0.29, 0.717) is 47.9 Å². The molecule has 9 heteroatoms. The SMILES string of the molecule is Cc1cc(N2CCC(C(=O)Nc3cc(Cl)ccc3O)CC2)c2cccc([N+](=O)[O-])c2n1. The molecule has 3 aromatic rings. The fourth-order valence-electron chi connectivity index (χ4n) is 3.97. The van der Waals surface area contributed by atoms with Crippen molar-refractivity contribution in [3.63, 3.8) is 0 Å². The van der Waals surface area contributed by atoms with Crippen molar-refractivity contribution in [2.75, 3.05) is 23.3 Å². The number of piperidine rings is 1. The zero-order valence-electron chi connectivity index (χ0n) is 16.8. The summed E-state index contributed by atoms with van der Waals surface area (Å²) >= 11 is 5.95. The van der Waals surface area contributed by atoms with Crippen molar-refractivity contribution in [3.05, 3.63) is 63.3 Å². The smallest absolute Gasteiger partial charge is 0.295 e. The number of carbonyl (C=O) groups excluding carboxylic acids is 1. The molecule has 1 amide bonds. The number of aromatic nitrogens is 1. The molecule has 0 aliphatic carbocycles. The van der Waals surface area contributed by atoms with E-state index < -0.39 is 4.92 Å². The van der Waals surface area contributed by atoms with E-state index in [1.807, 2.05) is 19.1 Å². The van der Waals surface area contributed by atoms with Gasteiger partial charge in [-0.05, 0) is 44.0 Å². The lowest BCUT2D eigenvalue weighted by atomic mass is 9.95. The number of carbonyl (C=O) groups is 1. The average Bonchev–Trinajstić information content (AvgIpc) is 2.75. The molecular weight excluding hydrogens is 420 g/mol. The summed E-state index contributed by atoms with van der Waals surface area (Å²) in [7, 11) is 0. The molecule has 4 rings (SSSR count). The van der Waals surface area contributed by atoms with E-state index in [0.717, 1.165) is 11.1 Å². The highest BCUT2D eigenvalue weighted by molar-refractivity contribution is 6.31. The summed E-state index contributed by atoms with van der Waals surface area (Å²) in [6.45, 7) is 3.07. The molecule has 2 N–H and O–H groups in total. The van der Waals surface area contributed by atoms with Gasteiger partial charge in [-0.2, -0.15) is 0 Å². The summed E-state index contributed by atoms with van der Waals surface area (Å²) in [5.74, 6) is -0.405. The van der Waals surface area contributed by atoms with Crippen LogP contribution in [0.25, 0.3) is 10.9 Å². The molecule has 0 unspecified atom stereocenters. The fourth-order valence-corrected chi connectivity index (χ4v) is 4.15. The molecule has 1 aliphatic rings. The molecule has 8 nitrogen and oxygen atoms in total. The number of nitrogens with one attached hydrogen (secondary N) is 1. The number of halogens is 1. The third-order valence-electron chi connectivity index (χ3n) is 5.54. The van der Waals surface area contributed by atoms with E-state index in [9.17, 15) is 20.0 Å². The normalized spacial score (nSPS) is 14.6. The van der Waals surface area contributed by atoms with Crippen LogP contribution >= 0.6 is 11.6 Å². The number of nitro benzene ring substituents is 1. The number of benzene rings is 2. The Morgan fingerprint density at radius 1 is 1.26 bits per heavy atom. The molecule has 1 fully saturated rings. The van der Waals surface area contributed by atoms with Gasteiger partial charge in [-0.3, -0.25) is 14.9 Å². The standard InChI is InChI=1S/C22H21ClN4O4/c1-13-11-19(16-3-2-4-18(27(30)31)21(16)24-13)26-9-7-14(8-10-26)22(29)25-17-12-15(23)5-6-20(17)28/h2-6,11-12,14,28H,7-10H2,1H3,(H,25,29). The van der Waals surface area contributed by atoms with Gasteiger partial charge in [0.05, 0.1) is 10.6 Å². The Bertz CT molecular complexity index is 1180. The number of non-ortho nitro benzene ring substituents is 1. The van der Waals surface area contributed by atoms with Crippen LogP contribution in [0.1, 0.15) is 18.5 Å². The Kier molecular flexibility index (Phi) is 5.65. The van der Waals surface area contributed by atoms with Crippen molar-refractivity contribution in [2.24, 2.45) is 5.92 Å². The van der Waals surface area contributed by atoms with E-state index >= 15 is 0 Å². The lowest BCUT2D eigenvalue weighted by Crippen LogP contribution is -2.38. The second-order valence-corrected chi connectivity index (χ2v) is 8.06. The highest BCUT2D eigenvalue weighted by Crippen LogP contribution is 2.34. The van der Waals surface area contributed by atoms with E-state index in [1.54, 1.807) is 12.1 Å². The van der Waals surface area contributed by atoms with Crippen LogP contribution < -0.4 is 10.2 Å². The van der Waals surface area contributed by atoms with Gasteiger partial charge in [-0.25, -0.2) is 4.98 Å². The summed E-state index contributed by atoms with van der Waals surface area (Å²) in [4.78, 5) is 30.2. The average molecular weight is 441 g/mol. The molecule has 0 radical (unpaired) electrons. The van der Waals surface area contributed by atoms with Crippen LogP contribution in [0.4, 0.5) is 17.1 Å². The topological polar surface area (TPSA) is 109 Å². The number of aromatic hydroxyl groups is 1. The minimum Gasteiger partial charge on any atom is -0.506 e. The van der Waals surface area contributed by atoms with E-state index in [2.05, 4.69) is 15.2 Å². The third kappa shape index (κ3) is 4.25. The Labute approximate surface area is 183 Å². The van der Waals surface area contributed by atoms with Crippen LogP contribution in [0.2, 0.25) is 5.02 Å². The van der Waals surface area contributed by atoms with E-state index in [1.165, 1.54) is 18.2 Å². The lowest BCUT2D eigenvalue weighted by molar-refractivity contribution is -0.383. The quantitative estimate of drug-likeness (QED) is 0.347. The van der Waals surface area contributed by atoms with Gasteiger partial charge in [0.15, 0.2) is 5.52 Å². The molecular formula is C22H21ClN4O4. The lowest BCUT2D eigenvalue weighted by Gasteiger charge is -2.33. The number of para-hydroxylation sites is 1. The Hall–Kier alpha value is -3.39.